The van der Waals surface area contributed by atoms with Crippen molar-refractivity contribution in [1.29, 1.82) is 0 Å². The van der Waals surface area contributed by atoms with Crippen molar-refractivity contribution in [2.45, 2.75) is 0 Å². The fourth-order valence-corrected chi connectivity index (χ4v) is 7.05. The van der Waals surface area contributed by atoms with Gasteiger partial charge in [-0.05, 0) is 41.8 Å². The molecule has 0 unspecified atom stereocenters. The molecule has 0 amide bonds. The average molecular weight is 616 g/mol. The number of pyridine rings is 1. The molecule has 0 aliphatic heterocycles. The first-order chi connectivity index (χ1) is 23.8. The van der Waals surface area contributed by atoms with E-state index in [0.717, 1.165) is 55.1 Å². The molecule has 0 N–H and O–H groups in total. The minimum Gasteiger partial charge on any atom is -0.456 e. The van der Waals surface area contributed by atoms with E-state index in [4.69, 9.17) is 19.4 Å². The smallest absolute Gasteiger partial charge is 0.164 e. The van der Waals surface area contributed by atoms with E-state index in [1.54, 1.807) is 6.20 Å². The second kappa shape index (κ2) is 10.4. The molecule has 0 spiro atoms. The number of benzene rings is 6. The summed E-state index contributed by atoms with van der Waals surface area (Å²) in [5, 5.41) is 6.48. The molecule has 4 aromatic heterocycles. The van der Waals surface area contributed by atoms with Gasteiger partial charge in [0.25, 0.3) is 0 Å². The molecule has 224 valence electrons. The molecule has 48 heavy (non-hydrogen) atoms. The van der Waals surface area contributed by atoms with Gasteiger partial charge in [-0.2, -0.15) is 0 Å². The molecule has 6 heteroatoms. The summed E-state index contributed by atoms with van der Waals surface area (Å²) in [7, 11) is 0. The topological polar surface area (TPSA) is 69.6 Å². The molecule has 0 bridgehead atoms. The molecule has 4 heterocycles. The molecule has 0 radical (unpaired) electrons. The van der Waals surface area contributed by atoms with Crippen LogP contribution in [-0.2, 0) is 0 Å². The maximum absolute atomic E-state index is 6.20. The Hall–Kier alpha value is -6.66. The number of aromatic nitrogens is 5. The number of hydrogen-bond donors (Lipinski definition) is 0. The number of para-hydroxylation sites is 2. The average Bonchev–Trinajstić information content (AvgIpc) is 3.71. The van der Waals surface area contributed by atoms with Crippen LogP contribution in [-0.4, -0.2) is 24.5 Å². The predicted molar refractivity (Wildman–Crippen MR) is 193 cm³/mol. The molecule has 0 aliphatic rings. The minimum atomic E-state index is 0.576. The van der Waals surface area contributed by atoms with Gasteiger partial charge in [-0.25, -0.2) is 15.0 Å². The SMILES string of the molecule is c1ccc(-c2nc(-c3ccc(-n4c5ccccc5c5ccccc54)c4ccccc34)nc(-c3cccc4oc5ccncc5c34)n2)cc1. The van der Waals surface area contributed by atoms with Crippen LogP contribution >= 0.6 is 0 Å². The summed E-state index contributed by atoms with van der Waals surface area (Å²) in [5.74, 6) is 1.78. The van der Waals surface area contributed by atoms with Gasteiger partial charge in [-0.3, -0.25) is 4.98 Å². The molecule has 10 rings (SSSR count). The third kappa shape index (κ3) is 3.99. The van der Waals surface area contributed by atoms with Gasteiger partial charge in [0.1, 0.15) is 11.2 Å². The Balaban J connectivity index is 1.25. The van der Waals surface area contributed by atoms with Gasteiger partial charge >= 0.3 is 0 Å². The van der Waals surface area contributed by atoms with E-state index in [-0.39, 0.29) is 0 Å². The van der Waals surface area contributed by atoms with Crippen molar-refractivity contribution in [3.8, 4) is 39.9 Å². The lowest BCUT2D eigenvalue weighted by Crippen LogP contribution is -2.02. The van der Waals surface area contributed by atoms with Crippen LogP contribution in [0.4, 0.5) is 0 Å². The summed E-state index contributed by atoms with van der Waals surface area (Å²) < 4.78 is 8.56. The Bertz CT molecular complexity index is 2800. The summed E-state index contributed by atoms with van der Waals surface area (Å²) in [4.78, 5) is 19.7. The first-order valence-corrected chi connectivity index (χ1v) is 15.9. The van der Waals surface area contributed by atoms with E-state index in [2.05, 4.69) is 94.5 Å². The fraction of sp³-hybridized carbons (Fsp3) is 0. The highest BCUT2D eigenvalue weighted by molar-refractivity contribution is 6.13. The molecule has 0 atom stereocenters. The number of rotatable bonds is 4. The third-order valence-electron chi connectivity index (χ3n) is 9.17. The van der Waals surface area contributed by atoms with Crippen molar-refractivity contribution in [3.05, 3.63) is 152 Å². The van der Waals surface area contributed by atoms with Crippen LogP contribution in [0, 0.1) is 0 Å². The van der Waals surface area contributed by atoms with Gasteiger partial charge < -0.3 is 8.98 Å². The summed E-state index contributed by atoms with van der Waals surface area (Å²) in [5.41, 5.74) is 7.69. The predicted octanol–water partition coefficient (Wildman–Crippen LogP) is 10.4. The van der Waals surface area contributed by atoms with Crippen LogP contribution in [0.5, 0.6) is 0 Å². The Morgan fingerprint density at radius 1 is 0.438 bits per heavy atom. The van der Waals surface area contributed by atoms with E-state index in [0.29, 0.717) is 17.5 Å². The number of nitrogens with zero attached hydrogens (tertiary/aromatic N) is 5. The van der Waals surface area contributed by atoms with Crippen LogP contribution in [0.2, 0.25) is 0 Å². The number of furan rings is 1. The highest BCUT2D eigenvalue weighted by Crippen LogP contribution is 2.39. The quantitative estimate of drug-likeness (QED) is 0.197. The molecule has 0 aliphatic carbocycles. The largest absolute Gasteiger partial charge is 0.456 e. The highest BCUT2D eigenvalue weighted by Gasteiger charge is 2.20. The second-order valence-electron chi connectivity index (χ2n) is 11.9. The standard InChI is InChI=1S/C42H25N5O/c1-2-11-26(12-3-1)40-44-41(46-42(45-40)32-17-10-20-38-39(32)33-25-43-24-23-37(33)48-38)31-21-22-36(28-14-5-4-13-27(28)31)47-34-18-8-6-15-29(34)30-16-7-9-19-35(30)47/h1-25H. The van der Waals surface area contributed by atoms with Gasteiger partial charge in [-0.15, -0.1) is 0 Å². The molecule has 6 nitrogen and oxygen atoms in total. The monoisotopic (exact) mass is 615 g/mol. The van der Waals surface area contributed by atoms with E-state index in [9.17, 15) is 0 Å². The molecule has 0 saturated heterocycles. The summed E-state index contributed by atoms with van der Waals surface area (Å²) >= 11 is 0. The van der Waals surface area contributed by atoms with Crippen LogP contribution in [0.25, 0.3) is 94.4 Å². The van der Waals surface area contributed by atoms with Gasteiger partial charge in [0.15, 0.2) is 17.5 Å². The molecule has 10 aromatic rings. The Kier molecular flexibility index (Phi) is 5.77. The highest BCUT2D eigenvalue weighted by atomic mass is 16.3. The Morgan fingerprint density at radius 2 is 1.08 bits per heavy atom. The molecule has 0 saturated carbocycles. The Labute approximate surface area is 274 Å². The maximum Gasteiger partial charge on any atom is 0.164 e. The van der Waals surface area contributed by atoms with Crippen LogP contribution in [0.3, 0.4) is 0 Å². The van der Waals surface area contributed by atoms with Crippen molar-refractivity contribution in [2.75, 3.05) is 0 Å². The minimum absolute atomic E-state index is 0.576. The van der Waals surface area contributed by atoms with Crippen molar-refractivity contribution in [2.24, 2.45) is 0 Å². The van der Waals surface area contributed by atoms with Crippen LogP contribution < -0.4 is 0 Å². The van der Waals surface area contributed by atoms with Gasteiger partial charge in [0.05, 0.1) is 16.7 Å². The van der Waals surface area contributed by atoms with E-state index in [1.807, 2.05) is 60.8 Å². The zero-order chi connectivity index (χ0) is 31.6. The summed E-state index contributed by atoms with van der Waals surface area (Å²) in [6.45, 7) is 0. The number of hydrogen-bond acceptors (Lipinski definition) is 5. The van der Waals surface area contributed by atoms with E-state index >= 15 is 0 Å². The lowest BCUT2D eigenvalue weighted by Gasteiger charge is -2.15. The third-order valence-corrected chi connectivity index (χ3v) is 9.17. The van der Waals surface area contributed by atoms with Crippen molar-refractivity contribution in [1.82, 2.24) is 24.5 Å². The van der Waals surface area contributed by atoms with Crippen molar-refractivity contribution in [3.63, 3.8) is 0 Å². The maximum atomic E-state index is 6.20. The first kappa shape index (κ1) is 26.5. The van der Waals surface area contributed by atoms with Crippen LogP contribution in [0.1, 0.15) is 0 Å². The Morgan fingerprint density at radius 3 is 1.85 bits per heavy atom. The summed E-state index contributed by atoms with van der Waals surface area (Å²) in [6, 6.07) is 48.0. The second-order valence-corrected chi connectivity index (χ2v) is 11.9. The first-order valence-electron chi connectivity index (χ1n) is 15.9. The van der Waals surface area contributed by atoms with Crippen molar-refractivity contribution >= 4 is 54.5 Å². The fourth-order valence-electron chi connectivity index (χ4n) is 7.05. The summed E-state index contributed by atoms with van der Waals surface area (Å²) in [6.07, 6.45) is 3.58. The van der Waals surface area contributed by atoms with Gasteiger partial charge in [0.2, 0.25) is 0 Å². The lowest BCUT2D eigenvalue weighted by atomic mass is 10.0. The van der Waals surface area contributed by atoms with Gasteiger partial charge in [0, 0.05) is 56.0 Å². The zero-order valence-electron chi connectivity index (χ0n) is 25.6. The molecule has 0 fully saturated rings. The zero-order valence-corrected chi connectivity index (χ0v) is 25.6. The van der Waals surface area contributed by atoms with Crippen molar-refractivity contribution < 1.29 is 4.42 Å². The van der Waals surface area contributed by atoms with E-state index in [1.165, 1.54) is 21.8 Å². The van der Waals surface area contributed by atoms with Crippen LogP contribution in [0.15, 0.2) is 156 Å². The molecular formula is C42H25N5O. The number of fused-ring (bicyclic) bond motifs is 7. The lowest BCUT2D eigenvalue weighted by molar-refractivity contribution is 0.668. The molecule has 6 aromatic carbocycles. The van der Waals surface area contributed by atoms with E-state index < -0.39 is 0 Å². The normalized spacial score (nSPS) is 11.8. The molecular weight excluding hydrogens is 590 g/mol. The van der Waals surface area contributed by atoms with Gasteiger partial charge in [-0.1, -0.05) is 103 Å².